The zero-order valence-corrected chi connectivity index (χ0v) is 13.0. The van der Waals surface area contributed by atoms with Gasteiger partial charge in [-0.1, -0.05) is 48.4 Å². The average Bonchev–Trinajstić information content (AvgIpc) is 2.45. The van der Waals surface area contributed by atoms with Crippen LogP contribution in [0.25, 0.3) is 0 Å². The Bertz CT molecular complexity index is 512. The largest absolute Gasteiger partial charge is 0.390 e. The molecule has 3 rings (SSSR count). The Morgan fingerprint density at radius 3 is 2.48 bits per heavy atom. The molecule has 1 aromatic rings. The van der Waals surface area contributed by atoms with Crippen molar-refractivity contribution in [3.63, 3.8) is 0 Å². The van der Waals surface area contributed by atoms with Crippen LogP contribution in [-0.4, -0.2) is 21.9 Å². The van der Waals surface area contributed by atoms with Gasteiger partial charge in [-0.2, -0.15) is 0 Å². The van der Waals surface area contributed by atoms with Crippen molar-refractivity contribution in [3.05, 3.63) is 47.5 Å². The van der Waals surface area contributed by atoms with Gasteiger partial charge in [0.25, 0.3) is 0 Å². The van der Waals surface area contributed by atoms with Crippen molar-refractivity contribution in [2.24, 2.45) is 11.8 Å². The molecule has 114 valence electrons. The standard InChI is InChI=1S/C19H26O2/c1-19(2,21)18-16(20)12-14-10-6-7-11-15(14)17(18)13-8-4-3-5-9-13/h3-5,8-9,12,15-18,20-21H,6-7,10-11H2,1-2H3/t15-,16+,17?,18+/m0/s1. The SMILES string of the molecule is CC(C)(O)[C@H]1C(c2ccccc2)[C@H]2CCCCC2=C[C@H]1O. The van der Waals surface area contributed by atoms with Crippen LogP contribution in [0.5, 0.6) is 0 Å². The monoisotopic (exact) mass is 286 g/mol. The molecule has 21 heavy (non-hydrogen) atoms. The van der Waals surface area contributed by atoms with Crippen molar-refractivity contribution in [2.45, 2.75) is 57.2 Å². The number of allylic oxidation sites excluding steroid dienone is 1. The van der Waals surface area contributed by atoms with Crippen LogP contribution >= 0.6 is 0 Å². The van der Waals surface area contributed by atoms with Gasteiger partial charge in [0.1, 0.15) is 0 Å². The van der Waals surface area contributed by atoms with Crippen LogP contribution in [0.2, 0.25) is 0 Å². The summed E-state index contributed by atoms with van der Waals surface area (Å²) in [5.74, 6) is 0.536. The van der Waals surface area contributed by atoms with Crippen LogP contribution in [0.3, 0.4) is 0 Å². The number of hydrogen-bond donors (Lipinski definition) is 2. The molecule has 0 heterocycles. The van der Waals surface area contributed by atoms with Crippen LogP contribution in [-0.2, 0) is 0 Å². The Kier molecular flexibility index (Phi) is 3.94. The fraction of sp³-hybridized carbons (Fsp3) is 0.579. The highest BCUT2D eigenvalue weighted by Gasteiger charge is 2.46. The molecule has 2 aliphatic rings. The Hall–Kier alpha value is -1.12. The maximum atomic E-state index is 10.6. The molecule has 0 aliphatic heterocycles. The molecule has 2 aliphatic carbocycles. The fourth-order valence-corrected chi connectivity index (χ4v) is 4.44. The molecule has 2 nitrogen and oxygen atoms in total. The molecule has 1 fully saturated rings. The Balaban J connectivity index is 2.07. The minimum absolute atomic E-state index is 0.147. The van der Waals surface area contributed by atoms with Crippen LogP contribution < -0.4 is 0 Å². The summed E-state index contributed by atoms with van der Waals surface area (Å²) in [5, 5.41) is 21.3. The third kappa shape index (κ3) is 2.79. The summed E-state index contributed by atoms with van der Waals surface area (Å²) in [5.41, 5.74) is 1.77. The predicted molar refractivity (Wildman–Crippen MR) is 85.0 cm³/mol. The summed E-state index contributed by atoms with van der Waals surface area (Å²) in [6.45, 7) is 3.66. The third-order valence-corrected chi connectivity index (χ3v) is 5.28. The normalized spacial score (nSPS) is 33.2. The van der Waals surface area contributed by atoms with Gasteiger partial charge in [-0.25, -0.2) is 0 Å². The van der Waals surface area contributed by atoms with E-state index < -0.39 is 11.7 Å². The van der Waals surface area contributed by atoms with Gasteiger partial charge in [-0.15, -0.1) is 0 Å². The number of benzene rings is 1. The quantitative estimate of drug-likeness (QED) is 0.815. The van der Waals surface area contributed by atoms with Gasteiger partial charge in [0, 0.05) is 5.92 Å². The van der Waals surface area contributed by atoms with E-state index in [1.54, 1.807) is 0 Å². The van der Waals surface area contributed by atoms with Crippen LogP contribution in [0.1, 0.15) is 51.0 Å². The number of rotatable bonds is 2. The average molecular weight is 286 g/mol. The second kappa shape index (κ2) is 5.58. The van der Waals surface area contributed by atoms with Crippen molar-refractivity contribution >= 4 is 0 Å². The molecule has 0 aromatic heterocycles. The first-order valence-electron chi connectivity index (χ1n) is 8.14. The smallest absolute Gasteiger partial charge is 0.0785 e. The summed E-state index contributed by atoms with van der Waals surface area (Å²) in [6, 6.07) is 10.4. The molecule has 0 amide bonds. The van der Waals surface area contributed by atoms with E-state index in [0.717, 1.165) is 6.42 Å². The highest BCUT2D eigenvalue weighted by atomic mass is 16.3. The summed E-state index contributed by atoms with van der Waals surface area (Å²) in [7, 11) is 0. The Morgan fingerprint density at radius 1 is 1.10 bits per heavy atom. The van der Waals surface area contributed by atoms with Gasteiger partial charge >= 0.3 is 0 Å². The Morgan fingerprint density at radius 2 is 1.81 bits per heavy atom. The molecule has 1 saturated carbocycles. The minimum Gasteiger partial charge on any atom is -0.390 e. The molecular formula is C19H26O2. The number of hydrogen-bond acceptors (Lipinski definition) is 2. The number of fused-ring (bicyclic) bond motifs is 1. The number of aliphatic hydroxyl groups excluding tert-OH is 1. The first-order chi connectivity index (χ1) is 9.98. The molecular weight excluding hydrogens is 260 g/mol. The van der Waals surface area contributed by atoms with Gasteiger partial charge in [-0.3, -0.25) is 0 Å². The maximum Gasteiger partial charge on any atom is 0.0785 e. The number of aliphatic hydroxyl groups is 2. The van der Waals surface area contributed by atoms with E-state index in [-0.39, 0.29) is 11.8 Å². The highest BCUT2D eigenvalue weighted by molar-refractivity contribution is 5.31. The molecule has 0 spiro atoms. The maximum absolute atomic E-state index is 10.6. The topological polar surface area (TPSA) is 40.5 Å². The molecule has 1 unspecified atom stereocenters. The molecule has 2 N–H and O–H groups in total. The summed E-state index contributed by atoms with van der Waals surface area (Å²) in [4.78, 5) is 0. The van der Waals surface area contributed by atoms with E-state index >= 15 is 0 Å². The summed E-state index contributed by atoms with van der Waals surface area (Å²) >= 11 is 0. The van der Waals surface area contributed by atoms with Crippen molar-refractivity contribution in [1.82, 2.24) is 0 Å². The summed E-state index contributed by atoms with van der Waals surface area (Å²) < 4.78 is 0. The van der Waals surface area contributed by atoms with E-state index in [1.165, 1.54) is 30.4 Å². The van der Waals surface area contributed by atoms with Crippen LogP contribution in [0.15, 0.2) is 42.0 Å². The van der Waals surface area contributed by atoms with Crippen molar-refractivity contribution in [2.75, 3.05) is 0 Å². The zero-order valence-electron chi connectivity index (χ0n) is 13.0. The van der Waals surface area contributed by atoms with Gasteiger partial charge in [0.2, 0.25) is 0 Å². The van der Waals surface area contributed by atoms with Crippen molar-refractivity contribution < 1.29 is 10.2 Å². The first kappa shape index (κ1) is 14.8. The molecule has 2 heteroatoms. The molecule has 0 radical (unpaired) electrons. The van der Waals surface area contributed by atoms with E-state index in [1.807, 2.05) is 26.0 Å². The molecule has 4 atom stereocenters. The van der Waals surface area contributed by atoms with E-state index in [0.29, 0.717) is 5.92 Å². The molecule has 0 bridgehead atoms. The zero-order chi connectivity index (χ0) is 15.0. The highest BCUT2D eigenvalue weighted by Crippen LogP contribution is 2.51. The van der Waals surface area contributed by atoms with Gasteiger partial charge in [0.15, 0.2) is 0 Å². The van der Waals surface area contributed by atoms with Crippen LogP contribution in [0.4, 0.5) is 0 Å². The van der Waals surface area contributed by atoms with Gasteiger partial charge in [0.05, 0.1) is 11.7 Å². The Labute approximate surface area is 127 Å². The molecule has 0 saturated heterocycles. The van der Waals surface area contributed by atoms with Gasteiger partial charge < -0.3 is 10.2 Å². The third-order valence-electron chi connectivity index (χ3n) is 5.28. The van der Waals surface area contributed by atoms with E-state index in [9.17, 15) is 10.2 Å². The lowest BCUT2D eigenvalue weighted by Gasteiger charge is -2.47. The molecule has 1 aromatic carbocycles. The fourth-order valence-electron chi connectivity index (χ4n) is 4.44. The summed E-state index contributed by atoms with van der Waals surface area (Å²) in [6.07, 6.45) is 6.23. The predicted octanol–water partition coefficient (Wildman–Crippen LogP) is 3.65. The van der Waals surface area contributed by atoms with E-state index in [4.69, 9.17) is 0 Å². The van der Waals surface area contributed by atoms with Gasteiger partial charge in [-0.05, 0) is 50.5 Å². The second-order valence-electron chi connectivity index (χ2n) is 7.20. The van der Waals surface area contributed by atoms with Crippen molar-refractivity contribution in [1.29, 1.82) is 0 Å². The first-order valence-corrected chi connectivity index (χ1v) is 8.14. The second-order valence-corrected chi connectivity index (χ2v) is 7.20. The van der Waals surface area contributed by atoms with Crippen LogP contribution in [0, 0.1) is 11.8 Å². The lowest BCUT2D eigenvalue weighted by Crippen LogP contribution is -2.48. The lowest BCUT2D eigenvalue weighted by atomic mass is 9.60. The minimum atomic E-state index is -0.889. The van der Waals surface area contributed by atoms with E-state index in [2.05, 4.69) is 24.3 Å². The van der Waals surface area contributed by atoms with Crippen molar-refractivity contribution in [3.8, 4) is 0 Å². The lowest BCUT2D eigenvalue weighted by molar-refractivity contribution is -0.0579.